The van der Waals surface area contributed by atoms with Crippen LogP contribution in [0.1, 0.15) is 22.8 Å². The normalized spacial score (nSPS) is 12.1. The van der Waals surface area contributed by atoms with Gasteiger partial charge < -0.3 is 15.5 Å². The maximum absolute atomic E-state index is 12.0. The van der Waals surface area contributed by atoms with Crippen molar-refractivity contribution < 1.29 is 15.0 Å². The Morgan fingerprint density at radius 1 is 1.37 bits per heavy atom. The molecular weight excluding hydrogens is 262 g/mol. The van der Waals surface area contributed by atoms with E-state index in [9.17, 15) is 15.0 Å². The highest BCUT2D eigenvalue weighted by Gasteiger charge is 2.14. The summed E-state index contributed by atoms with van der Waals surface area (Å²) in [5, 5.41) is 25.8. The van der Waals surface area contributed by atoms with Gasteiger partial charge in [-0.05, 0) is 53.9 Å². The van der Waals surface area contributed by atoms with Gasteiger partial charge >= 0.3 is 0 Å². The number of hydrogen-bond acceptors (Lipinski definition) is 4. The number of phenolic OH excluding ortho intramolecular Hbond substituents is 2. The van der Waals surface area contributed by atoms with Gasteiger partial charge in [0.2, 0.25) is 0 Å². The lowest BCUT2D eigenvalue weighted by Crippen LogP contribution is -2.34. The second-order valence-corrected chi connectivity index (χ2v) is 5.19. The lowest BCUT2D eigenvalue weighted by atomic mass is 10.1. The van der Waals surface area contributed by atoms with Crippen molar-refractivity contribution in [3.63, 3.8) is 0 Å². The van der Waals surface area contributed by atoms with Crippen molar-refractivity contribution in [3.05, 3.63) is 46.2 Å². The van der Waals surface area contributed by atoms with E-state index < -0.39 is 5.91 Å². The molecule has 2 rings (SSSR count). The van der Waals surface area contributed by atoms with Crippen LogP contribution in [0.4, 0.5) is 0 Å². The average molecular weight is 277 g/mol. The standard InChI is InChI=1S/C14H15NO3S/c1-9(6-10-4-5-19-8-10)15-14(18)12-7-11(16)2-3-13(12)17/h2-5,7-9,16-17H,6H2,1H3,(H,15,18). The molecule has 0 spiro atoms. The van der Waals surface area contributed by atoms with Gasteiger partial charge in [-0.3, -0.25) is 4.79 Å². The summed E-state index contributed by atoms with van der Waals surface area (Å²) in [5.74, 6) is -0.581. The second-order valence-electron chi connectivity index (χ2n) is 4.41. The Morgan fingerprint density at radius 2 is 2.16 bits per heavy atom. The van der Waals surface area contributed by atoms with E-state index in [1.807, 2.05) is 23.8 Å². The van der Waals surface area contributed by atoms with Gasteiger partial charge in [0.1, 0.15) is 11.5 Å². The smallest absolute Gasteiger partial charge is 0.255 e. The summed E-state index contributed by atoms with van der Waals surface area (Å²) in [7, 11) is 0. The third-order valence-electron chi connectivity index (χ3n) is 2.72. The number of amides is 1. The first kappa shape index (κ1) is 13.4. The summed E-state index contributed by atoms with van der Waals surface area (Å²) in [6, 6.07) is 5.85. The molecule has 1 aromatic heterocycles. The molecule has 100 valence electrons. The maximum atomic E-state index is 12.0. The number of carbonyl (C=O) groups is 1. The molecule has 2 aromatic rings. The van der Waals surface area contributed by atoms with Crippen molar-refractivity contribution >= 4 is 17.2 Å². The molecule has 0 radical (unpaired) electrons. The largest absolute Gasteiger partial charge is 0.508 e. The minimum Gasteiger partial charge on any atom is -0.508 e. The number of hydrogen-bond donors (Lipinski definition) is 3. The monoisotopic (exact) mass is 277 g/mol. The van der Waals surface area contributed by atoms with Crippen LogP contribution in [0.25, 0.3) is 0 Å². The van der Waals surface area contributed by atoms with E-state index in [0.717, 1.165) is 12.0 Å². The van der Waals surface area contributed by atoms with E-state index in [2.05, 4.69) is 5.32 Å². The molecule has 1 heterocycles. The van der Waals surface area contributed by atoms with Gasteiger partial charge in [0.25, 0.3) is 5.91 Å². The van der Waals surface area contributed by atoms with Crippen LogP contribution in [0.15, 0.2) is 35.0 Å². The summed E-state index contributed by atoms with van der Waals surface area (Å²) < 4.78 is 0. The van der Waals surface area contributed by atoms with Crippen molar-refractivity contribution in [1.29, 1.82) is 0 Å². The molecule has 1 atom stereocenters. The first-order valence-corrected chi connectivity index (χ1v) is 6.84. The molecule has 0 saturated carbocycles. The molecule has 0 saturated heterocycles. The fourth-order valence-electron chi connectivity index (χ4n) is 1.82. The number of aromatic hydroxyl groups is 2. The summed E-state index contributed by atoms with van der Waals surface area (Å²) in [6.07, 6.45) is 0.731. The molecule has 0 aliphatic heterocycles. The van der Waals surface area contributed by atoms with Crippen LogP contribution in [-0.2, 0) is 6.42 Å². The highest BCUT2D eigenvalue weighted by molar-refractivity contribution is 7.07. The van der Waals surface area contributed by atoms with Crippen LogP contribution < -0.4 is 5.32 Å². The van der Waals surface area contributed by atoms with Crippen molar-refractivity contribution in [2.75, 3.05) is 0 Å². The molecular formula is C14H15NO3S. The molecule has 0 fully saturated rings. The summed E-state index contributed by atoms with van der Waals surface area (Å²) in [6.45, 7) is 1.90. The average Bonchev–Trinajstić information content (AvgIpc) is 2.84. The maximum Gasteiger partial charge on any atom is 0.255 e. The fourth-order valence-corrected chi connectivity index (χ4v) is 2.50. The van der Waals surface area contributed by atoms with Gasteiger partial charge in [0.05, 0.1) is 5.56 Å². The van der Waals surface area contributed by atoms with E-state index in [1.165, 1.54) is 18.2 Å². The van der Waals surface area contributed by atoms with Gasteiger partial charge in [-0.2, -0.15) is 11.3 Å². The molecule has 1 amide bonds. The van der Waals surface area contributed by atoms with E-state index in [0.29, 0.717) is 0 Å². The first-order chi connectivity index (χ1) is 9.06. The molecule has 1 unspecified atom stereocenters. The van der Waals surface area contributed by atoms with Crippen LogP contribution in [0, 0.1) is 0 Å². The quantitative estimate of drug-likeness (QED) is 0.752. The van der Waals surface area contributed by atoms with Gasteiger partial charge in [-0.25, -0.2) is 0 Å². The van der Waals surface area contributed by atoms with E-state index in [1.54, 1.807) is 11.3 Å². The third-order valence-corrected chi connectivity index (χ3v) is 3.46. The van der Waals surface area contributed by atoms with Gasteiger partial charge in [-0.15, -0.1) is 0 Å². The topological polar surface area (TPSA) is 69.6 Å². The molecule has 0 bridgehead atoms. The van der Waals surface area contributed by atoms with Crippen LogP contribution in [0.5, 0.6) is 11.5 Å². The zero-order chi connectivity index (χ0) is 13.8. The molecule has 0 aliphatic carbocycles. The summed E-state index contributed by atoms with van der Waals surface area (Å²) >= 11 is 1.62. The lowest BCUT2D eigenvalue weighted by molar-refractivity contribution is 0.0937. The zero-order valence-corrected chi connectivity index (χ0v) is 11.3. The van der Waals surface area contributed by atoms with E-state index >= 15 is 0 Å². The zero-order valence-electron chi connectivity index (χ0n) is 10.5. The Bertz CT molecular complexity index is 566. The van der Waals surface area contributed by atoms with E-state index in [-0.39, 0.29) is 23.1 Å². The van der Waals surface area contributed by atoms with Gasteiger partial charge in [0, 0.05) is 6.04 Å². The van der Waals surface area contributed by atoms with Crippen molar-refractivity contribution in [1.82, 2.24) is 5.32 Å². The minimum atomic E-state index is -0.392. The molecule has 5 heteroatoms. The van der Waals surface area contributed by atoms with Crippen LogP contribution in [0.2, 0.25) is 0 Å². The molecule has 1 aromatic carbocycles. The Labute approximate surface area is 115 Å². The molecule has 3 N–H and O–H groups in total. The number of thiophene rings is 1. The summed E-state index contributed by atoms with van der Waals surface area (Å²) in [4.78, 5) is 12.0. The highest BCUT2D eigenvalue weighted by atomic mass is 32.1. The molecule has 0 aliphatic rings. The number of phenols is 2. The van der Waals surface area contributed by atoms with Crippen LogP contribution in [0.3, 0.4) is 0 Å². The Kier molecular flexibility index (Phi) is 4.06. The number of nitrogens with one attached hydrogen (secondary N) is 1. The van der Waals surface area contributed by atoms with Crippen molar-refractivity contribution in [3.8, 4) is 11.5 Å². The summed E-state index contributed by atoms with van der Waals surface area (Å²) in [5.41, 5.74) is 1.25. The van der Waals surface area contributed by atoms with Crippen molar-refractivity contribution in [2.45, 2.75) is 19.4 Å². The fraction of sp³-hybridized carbons (Fsp3) is 0.214. The van der Waals surface area contributed by atoms with E-state index in [4.69, 9.17) is 0 Å². The Balaban J connectivity index is 2.02. The predicted octanol–water partition coefficient (Wildman–Crippen LogP) is 2.52. The van der Waals surface area contributed by atoms with Gasteiger partial charge in [0.15, 0.2) is 0 Å². The van der Waals surface area contributed by atoms with Crippen molar-refractivity contribution in [2.24, 2.45) is 0 Å². The molecule has 4 nitrogen and oxygen atoms in total. The SMILES string of the molecule is CC(Cc1ccsc1)NC(=O)c1cc(O)ccc1O. The van der Waals surface area contributed by atoms with Crippen LogP contribution >= 0.6 is 11.3 Å². The number of carbonyl (C=O) groups excluding carboxylic acids is 1. The predicted molar refractivity (Wildman–Crippen MR) is 74.7 cm³/mol. The first-order valence-electron chi connectivity index (χ1n) is 5.90. The lowest BCUT2D eigenvalue weighted by Gasteiger charge is -2.14. The Hall–Kier alpha value is -2.01. The third kappa shape index (κ3) is 3.48. The highest BCUT2D eigenvalue weighted by Crippen LogP contribution is 2.22. The second kappa shape index (κ2) is 5.75. The van der Waals surface area contributed by atoms with Gasteiger partial charge in [-0.1, -0.05) is 0 Å². The number of rotatable bonds is 4. The number of benzene rings is 1. The molecule has 19 heavy (non-hydrogen) atoms. The Morgan fingerprint density at radius 3 is 2.84 bits per heavy atom. The van der Waals surface area contributed by atoms with Crippen LogP contribution in [-0.4, -0.2) is 22.2 Å². The minimum absolute atomic E-state index is 0.0477.